The zero-order valence-corrected chi connectivity index (χ0v) is 15.0. The van der Waals surface area contributed by atoms with Gasteiger partial charge in [-0.3, -0.25) is 9.78 Å². The van der Waals surface area contributed by atoms with Crippen LogP contribution in [0.25, 0.3) is 0 Å². The Hall–Kier alpha value is -3.35. The molecule has 1 saturated heterocycles. The topological polar surface area (TPSA) is 83.9 Å². The first-order valence-electron chi connectivity index (χ1n) is 8.94. The number of anilines is 2. The summed E-state index contributed by atoms with van der Waals surface area (Å²) in [5.41, 5.74) is 2.39. The van der Waals surface area contributed by atoms with Crippen molar-refractivity contribution in [3.63, 3.8) is 0 Å². The molecule has 7 nitrogen and oxygen atoms in total. The lowest BCUT2D eigenvalue weighted by Crippen LogP contribution is -2.31. The average molecular weight is 360 g/mol. The number of aryl methyl sites for hydroxylation is 1. The van der Waals surface area contributed by atoms with Crippen molar-refractivity contribution in [2.75, 3.05) is 11.9 Å². The number of nitrogens with zero attached hydrogens (tertiary/aromatic N) is 5. The van der Waals surface area contributed by atoms with Gasteiger partial charge in [0.1, 0.15) is 17.3 Å². The van der Waals surface area contributed by atoms with E-state index in [9.17, 15) is 4.79 Å². The Labute approximate surface area is 157 Å². The lowest BCUT2D eigenvalue weighted by Gasteiger charge is -2.25. The van der Waals surface area contributed by atoms with Crippen LogP contribution in [0.3, 0.4) is 0 Å². The fourth-order valence-corrected chi connectivity index (χ4v) is 3.38. The fourth-order valence-electron chi connectivity index (χ4n) is 3.38. The van der Waals surface area contributed by atoms with Gasteiger partial charge in [0.15, 0.2) is 0 Å². The van der Waals surface area contributed by atoms with Gasteiger partial charge in [0.25, 0.3) is 5.91 Å². The maximum atomic E-state index is 13.0. The molecule has 0 bridgehead atoms. The van der Waals surface area contributed by atoms with Crippen molar-refractivity contribution in [3.05, 3.63) is 72.1 Å². The molecule has 0 saturated carbocycles. The van der Waals surface area contributed by atoms with Gasteiger partial charge in [-0.1, -0.05) is 6.07 Å². The molecule has 0 spiro atoms. The van der Waals surface area contributed by atoms with E-state index in [-0.39, 0.29) is 11.9 Å². The maximum Gasteiger partial charge on any atom is 0.272 e. The first-order valence-corrected chi connectivity index (χ1v) is 8.94. The Bertz CT molecular complexity index is 946. The molecule has 1 unspecified atom stereocenters. The Kier molecular flexibility index (Phi) is 4.74. The number of likely N-dealkylation sites (tertiary alicyclic amines) is 1. The summed E-state index contributed by atoms with van der Waals surface area (Å²) in [7, 11) is 0. The molecule has 7 heteroatoms. The number of nitrogens with one attached hydrogen (secondary N) is 1. The van der Waals surface area contributed by atoms with Crippen LogP contribution in [0, 0.1) is 6.92 Å². The molecule has 3 aromatic heterocycles. The van der Waals surface area contributed by atoms with E-state index < -0.39 is 0 Å². The zero-order valence-electron chi connectivity index (χ0n) is 15.0. The smallest absolute Gasteiger partial charge is 0.272 e. The lowest BCUT2D eigenvalue weighted by molar-refractivity contribution is 0.0729. The molecule has 1 fully saturated rings. The first-order chi connectivity index (χ1) is 13.2. The Morgan fingerprint density at radius 1 is 1.15 bits per heavy atom. The van der Waals surface area contributed by atoms with Crippen LogP contribution in [0.5, 0.6) is 0 Å². The van der Waals surface area contributed by atoms with Crippen molar-refractivity contribution < 1.29 is 4.79 Å². The zero-order chi connectivity index (χ0) is 18.6. The predicted octanol–water partition coefficient (Wildman–Crippen LogP) is 3.30. The number of carbonyl (C=O) groups is 1. The van der Waals surface area contributed by atoms with Gasteiger partial charge in [-0.2, -0.15) is 0 Å². The molecule has 1 N–H and O–H groups in total. The Morgan fingerprint density at radius 2 is 2.04 bits per heavy atom. The number of hydrogen-bond donors (Lipinski definition) is 1. The molecule has 4 heterocycles. The van der Waals surface area contributed by atoms with Gasteiger partial charge >= 0.3 is 0 Å². The molecule has 136 valence electrons. The largest absolute Gasteiger partial charge is 0.330 e. The van der Waals surface area contributed by atoms with E-state index in [1.54, 1.807) is 30.9 Å². The fraction of sp³-hybridized carbons (Fsp3) is 0.250. The Morgan fingerprint density at radius 3 is 2.85 bits per heavy atom. The van der Waals surface area contributed by atoms with Gasteiger partial charge in [-0.15, -0.1) is 0 Å². The van der Waals surface area contributed by atoms with Gasteiger partial charge in [-0.25, -0.2) is 15.0 Å². The summed E-state index contributed by atoms with van der Waals surface area (Å²) in [6.45, 7) is 2.62. The minimum absolute atomic E-state index is 0.0187. The third-order valence-corrected chi connectivity index (χ3v) is 4.61. The van der Waals surface area contributed by atoms with Crippen LogP contribution in [0.15, 0.2) is 55.1 Å². The van der Waals surface area contributed by atoms with Crippen LogP contribution in [0.1, 0.15) is 40.6 Å². The van der Waals surface area contributed by atoms with Crippen molar-refractivity contribution in [1.29, 1.82) is 0 Å². The second-order valence-corrected chi connectivity index (χ2v) is 6.51. The van der Waals surface area contributed by atoms with E-state index in [2.05, 4.69) is 25.3 Å². The minimum Gasteiger partial charge on any atom is -0.330 e. The van der Waals surface area contributed by atoms with Crippen molar-refractivity contribution >= 4 is 17.5 Å². The number of hydrogen-bond acceptors (Lipinski definition) is 6. The van der Waals surface area contributed by atoms with Crippen molar-refractivity contribution in [1.82, 2.24) is 24.8 Å². The van der Waals surface area contributed by atoms with Crippen molar-refractivity contribution in [2.45, 2.75) is 25.8 Å². The minimum atomic E-state index is -0.0264. The Balaban J connectivity index is 1.57. The summed E-state index contributed by atoms with van der Waals surface area (Å²) < 4.78 is 0. The normalized spacial score (nSPS) is 16.3. The van der Waals surface area contributed by atoms with Crippen LogP contribution in [-0.2, 0) is 0 Å². The molecule has 0 aromatic carbocycles. The molecule has 1 aliphatic rings. The third-order valence-electron chi connectivity index (χ3n) is 4.61. The number of pyridine rings is 2. The highest BCUT2D eigenvalue weighted by molar-refractivity contribution is 5.92. The third kappa shape index (κ3) is 3.76. The van der Waals surface area contributed by atoms with Crippen molar-refractivity contribution in [3.8, 4) is 0 Å². The van der Waals surface area contributed by atoms with Gasteiger partial charge in [0, 0.05) is 30.8 Å². The standard InChI is InChI=1S/C20H20N6O/c1-14-4-2-5-16(24-14)20(27)26-11-3-6-17(26)15-7-8-22-18(12-15)25-19-13-21-9-10-23-19/h2,4-5,7-10,12-13,17H,3,6,11H2,1H3,(H,22,23,25). The highest BCUT2D eigenvalue weighted by Gasteiger charge is 2.31. The van der Waals surface area contributed by atoms with E-state index in [1.807, 2.05) is 36.1 Å². The van der Waals surface area contributed by atoms with E-state index in [0.717, 1.165) is 30.6 Å². The molecular weight excluding hydrogens is 340 g/mol. The SMILES string of the molecule is Cc1cccc(C(=O)N2CCCC2c2ccnc(Nc3cnccn3)c2)n1. The molecule has 1 atom stereocenters. The summed E-state index contributed by atoms with van der Waals surface area (Å²) in [6, 6.07) is 9.49. The average Bonchev–Trinajstić information content (AvgIpc) is 3.18. The van der Waals surface area contributed by atoms with E-state index in [0.29, 0.717) is 17.3 Å². The molecule has 1 aliphatic heterocycles. The van der Waals surface area contributed by atoms with Gasteiger partial charge in [-0.05, 0) is 49.6 Å². The lowest BCUT2D eigenvalue weighted by atomic mass is 10.1. The summed E-state index contributed by atoms with van der Waals surface area (Å²) in [5.74, 6) is 1.29. The summed E-state index contributed by atoms with van der Waals surface area (Å²) in [6.07, 6.45) is 8.53. The second-order valence-electron chi connectivity index (χ2n) is 6.51. The number of aromatic nitrogens is 4. The second kappa shape index (κ2) is 7.49. The maximum absolute atomic E-state index is 13.0. The van der Waals surface area contributed by atoms with Crippen LogP contribution in [0.2, 0.25) is 0 Å². The van der Waals surface area contributed by atoms with Crippen LogP contribution < -0.4 is 5.32 Å². The van der Waals surface area contributed by atoms with E-state index in [4.69, 9.17) is 0 Å². The summed E-state index contributed by atoms with van der Waals surface area (Å²) in [4.78, 5) is 31.9. The number of amides is 1. The molecule has 0 radical (unpaired) electrons. The number of carbonyl (C=O) groups excluding carboxylic acids is 1. The summed E-state index contributed by atoms with van der Waals surface area (Å²) >= 11 is 0. The van der Waals surface area contributed by atoms with Crippen LogP contribution in [0.4, 0.5) is 11.6 Å². The highest BCUT2D eigenvalue weighted by atomic mass is 16.2. The summed E-state index contributed by atoms with van der Waals surface area (Å²) in [5, 5.41) is 3.15. The van der Waals surface area contributed by atoms with Crippen LogP contribution in [-0.4, -0.2) is 37.3 Å². The molecule has 3 aromatic rings. The number of rotatable bonds is 4. The van der Waals surface area contributed by atoms with Gasteiger partial charge in [0.2, 0.25) is 0 Å². The molecule has 1 amide bonds. The monoisotopic (exact) mass is 360 g/mol. The molecule has 0 aliphatic carbocycles. The van der Waals surface area contributed by atoms with E-state index >= 15 is 0 Å². The molecule has 27 heavy (non-hydrogen) atoms. The predicted molar refractivity (Wildman–Crippen MR) is 102 cm³/mol. The van der Waals surface area contributed by atoms with Gasteiger partial charge < -0.3 is 10.2 Å². The van der Waals surface area contributed by atoms with Crippen molar-refractivity contribution in [2.24, 2.45) is 0 Å². The van der Waals surface area contributed by atoms with Gasteiger partial charge in [0.05, 0.1) is 12.2 Å². The highest BCUT2D eigenvalue weighted by Crippen LogP contribution is 2.33. The molecule has 4 rings (SSSR count). The first kappa shape index (κ1) is 17.1. The quantitative estimate of drug-likeness (QED) is 0.768. The van der Waals surface area contributed by atoms with Crippen LogP contribution >= 0.6 is 0 Å². The molecular formula is C20H20N6O. The van der Waals surface area contributed by atoms with E-state index in [1.165, 1.54) is 0 Å².